The normalized spacial score (nSPS) is 13.0. The minimum Gasteiger partial charge on any atom is -0.372 e. The third-order valence-corrected chi connectivity index (χ3v) is 5.40. The predicted octanol–water partition coefficient (Wildman–Crippen LogP) is 5.32. The number of aromatic nitrogens is 3. The highest BCUT2D eigenvalue weighted by atomic mass is 35.5. The first-order valence-electron chi connectivity index (χ1n) is 10.4. The number of hydrogen-bond acceptors (Lipinski definition) is 6. The largest absolute Gasteiger partial charge is 0.472 e. The van der Waals surface area contributed by atoms with Gasteiger partial charge in [0.05, 0.1) is 27.4 Å². The molecule has 1 amide bonds. The van der Waals surface area contributed by atoms with Gasteiger partial charge >= 0.3 is 18.3 Å². The van der Waals surface area contributed by atoms with Crippen molar-refractivity contribution in [2.75, 3.05) is 0 Å². The molecule has 2 aromatic carbocycles. The SMILES string of the molecule is O=C(NNC(O)c1c(-c2c(F)cccc2Cl)noc1-c1cn(-c2cccc(F)c2)nc1C(F)(F)F)C(F)(F)F. The fourth-order valence-electron chi connectivity index (χ4n) is 3.43. The van der Waals surface area contributed by atoms with E-state index < -0.39 is 70.0 Å². The minimum atomic E-state index is -5.41. The average molecular weight is 582 g/mol. The van der Waals surface area contributed by atoms with Gasteiger partial charge in [-0.15, -0.1) is 0 Å². The number of aliphatic hydroxyl groups is 1. The van der Waals surface area contributed by atoms with Crippen LogP contribution in [-0.2, 0) is 11.0 Å². The van der Waals surface area contributed by atoms with E-state index in [4.69, 9.17) is 16.1 Å². The van der Waals surface area contributed by atoms with Crippen molar-refractivity contribution in [1.82, 2.24) is 25.8 Å². The highest BCUT2D eigenvalue weighted by Gasteiger charge is 2.42. The van der Waals surface area contributed by atoms with E-state index in [1.54, 1.807) is 5.43 Å². The van der Waals surface area contributed by atoms with Crippen LogP contribution in [0.1, 0.15) is 17.5 Å². The first-order chi connectivity index (χ1) is 18.2. The van der Waals surface area contributed by atoms with Gasteiger partial charge in [0.2, 0.25) is 0 Å². The zero-order chi connectivity index (χ0) is 28.7. The number of hydrogen-bond donors (Lipinski definition) is 3. The van der Waals surface area contributed by atoms with Gasteiger partial charge < -0.3 is 9.63 Å². The standard InChI is InChI=1S/C22H12ClF8N5O3/c23-12-5-2-6-13(25)14(12)16-15(19(37)32-33-20(38)22(29,30)31)17(39-35-16)11-8-36(34-18(11)21(26,27)28)10-4-1-3-9(24)7-10/h1-8,19,32,37H,(H,33,38). The van der Waals surface area contributed by atoms with Crippen LogP contribution in [0.25, 0.3) is 28.3 Å². The number of carbonyl (C=O) groups is 1. The van der Waals surface area contributed by atoms with Crippen LogP contribution in [0, 0.1) is 11.6 Å². The maximum atomic E-state index is 14.7. The summed E-state index contributed by atoms with van der Waals surface area (Å²) in [6, 6.07) is 7.50. The van der Waals surface area contributed by atoms with Crippen molar-refractivity contribution in [3.8, 4) is 28.3 Å². The van der Waals surface area contributed by atoms with Gasteiger partial charge in [-0.05, 0) is 30.3 Å². The van der Waals surface area contributed by atoms with Crippen LogP contribution in [0.4, 0.5) is 35.1 Å². The minimum absolute atomic E-state index is 0.165. The third-order valence-electron chi connectivity index (χ3n) is 5.08. The van der Waals surface area contributed by atoms with Crippen LogP contribution < -0.4 is 10.9 Å². The topological polar surface area (TPSA) is 105 Å². The molecule has 0 bridgehead atoms. The van der Waals surface area contributed by atoms with Crippen LogP contribution in [0.2, 0.25) is 5.02 Å². The number of amides is 1. The van der Waals surface area contributed by atoms with Gasteiger partial charge in [0.1, 0.15) is 17.3 Å². The lowest BCUT2D eigenvalue weighted by atomic mass is 10.0. The van der Waals surface area contributed by atoms with Crippen LogP contribution in [0.3, 0.4) is 0 Å². The van der Waals surface area contributed by atoms with E-state index in [0.717, 1.165) is 35.9 Å². The summed E-state index contributed by atoms with van der Waals surface area (Å²) < 4.78 is 114. The molecule has 8 nitrogen and oxygen atoms in total. The van der Waals surface area contributed by atoms with Crippen LogP contribution in [0.5, 0.6) is 0 Å². The number of aliphatic hydroxyl groups excluding tert-OH is 1. The van der Waals surface area contributed by atoms with E-state index in [1.807, 2.05) is 0 Å². The fourth-order valence-corrected chi connectivity index (χ4v) is 3.68. The summed E-state index contributed by atoms with van der Waals surface area (Å²) >= 11 is 6.01. The van der Waals surface area contributed by atoms with Crippen LogP contribution in [-0.4, -0.2) is 32.1 Å². The molecule has 0 saturated carbocycles. The Hall–Kier alpha value is -4.02. The Kier molecular flexibility index (Phi) is 7.38. The number of nitrogens with zero attached hydrogens (tertiary/aromatic N) is 3. The van der Waals surface area contributed by atoms with Crippen molar-refractivity contribution >= 4 is 17.5 Å². The summed E-state index contributed by atoms with van der Waals surface area (Å²) in [5.74, 6) is -5.39. The Morgan fingerprint density at radius 3 is 2.38 bits per heavy atom. The molecule has 0 radical (unpaired) electrons. The van der Waals surface area contributed by atoms with Crippen molar-refractivity contribution in [3.05, 3.63) is 76.6 Å². The smallest absolute Gasteiger partial charge is 0.372 e. The van der Waals surface area contributed by atoms with Crippen molar-refractivity contribution in [2.45, 2.75) is 18.6 Å². The first kappa shape index (κ1) is 28.0. The number of hydrazine groups is 1. The van der Waals surface area contributed by atoms with E-state index in [2.05, 4.69) is 10.3 Å². The maximum absolute atomic E-state index is 14.7. The Balaban J connectivity index is 1.92. The molecule has 3 N–H and O–H groups in total. The maximum Gasteiger partial charge on any atom is 0.472 e. The lowest BCUT2D eigenvalue weighted by Crippen LogP contribution is -2.46. The second-order valence-electron chi connectivity index (χ2n) is 7.68. The fraction of sp³-hybridized carbons (Fsp3) is 0.136. The average Bonchev–Trinajstić information content (AvgIpc) is 3.46. The highest BCUT2D eigenvalue weighted by molar-refractivity contribution is 6.33. The summed E-state index contributed by atoms with van der Waals surface area (Å²) in [4.78, 5) is 11.2. The molecule has 0 aliphatic heterocycles. The second-order valence-corrected chi connectivity index (χ2v) is 8.09. The number of halogens is 9. The van der Waals surface area contributed by atoms with Crippen molar-refractivity contribution in [1.29, 1.82) is 0 Å². The molecular weight excluding hydrogens is 570 g/mol. The summed E-state index contributed by atoms with van der Waals surface area (Å²) in [6.45, 7) is 0. The van der Waals surface area contributed by atoms with Gasteiger partial charge in [-0.25, -0.2) is 18.9 Å². The van der Waals surface area contributed by atoms with E-state index in [0.29, 0.717) is 4.68 Å². The van der Waals surface area contributed by atoms with Gasteiger partial charge in [0, 0.05) is 6.20 Å². The molecule has 39 heavy (non-hydrogen) atoms. The molecule has 0 fully saturated rings. The van der Waals surface area contributed by atoms with E-state index in [1.165, 1.54) is 18.2 Å². The van der Waals surface area contributed by atoms with Crippen molar-refractivity contribution < 1.29 is 49.5 Å². The molecule has 2 aromatic heterocycles. The summed E-state index contributed by atoms with van der Waals surface area (Å²) in [6.07, 6.45) is -12.3. The molecule has 206 valence electrons. The molecule has 1 atom stereocenters. The molecular formula is C22H12ClF8N5O3. The zero-order valence-electron chi connectivity index (χ0n) is 18.7. The molecule has 2 heterocycles. The number of rotatable bonds is 6. The molecule has 1 unspecified atom stereocenters. The van der Waals surface area contributed by atoms with Crippen molar-refractivity contribution in [3.63, 3.8) is 0 Å². The van der Waals surface area contributed by atoms with E-state index >= 15 is 0 Å². The molecule has 0 aliphatic carbocycles. The Morgan fingerprint density at radius 1 is 1.08 bits per heavy atom. The van der Waals surface area contributed by atoms with Gasteiger partial charge in [0.15, 0.2) is 17.7 Å². The molecule has 17 heteroatoms. The van der Waals surface area contributed by atoms with E-state index in [-0.39, 0.29) is 10.7 Å². The second kappa shape index (κ2) is 10.3. The Bertz CT molecular complexity index is 1510. The molecule has 4 rings (SSSR count). The molecule has 4 aromatic rings. The number of benzene rings is 2. The summed E-state index contributed by atoms with van der Waals surface area (Å²) in [5, 5.41) is 17.2. The highest BCUT2D eigenvalue weighted by Crippen LogP contribution is 2.43. The van der Waals surface area contributed by atoms with Gasteiger partial charge in [-0.2, -0.15) is 31.4 Å². The summed E-state index contributed by atoms with van der Waals surface area (Å²) in [5.41, 5.74) is -2.15. The summed E-state index contributed by atoms with van der Waals surface area (Å²) in [7, 11) is 0. The molecule has 0 spiro atoms. The monoisotopic (exact) mass is 581 g/mol. The zero-order valence-corrected chi connectivity index (χ0v) is 19.5. The third kappa shape index (κ3) is 5.71. The number of nitrogens with one attached hydrogen (secondary N) is 2. The van der Waals surface area contributed by atoms with Crippen LogP contribution in [0.15, 0.2) is 53.2 Å². The lowest BCUT2D eigenvalue weighted by Gasteiger charge is -2.16. The van der Waals surface area contributed by atoms with Gasteiger partial charge in [0.25, 0.3) is 0 Å². The Morgan fingerprint density at radius 2 is 1.77 bits per heavy atom. The number of carbonyl (C=O) groups excluding carboxylic acids is 1. The Labute approximate surface area is 216 Å². The van der Waals surface area contributed by atoms with E-state index in [9.17, 15) is 45.0 Å². The van der Waals surface area contributed by atoms with Crippen molar-refractivity contribution in [2.24, 2.45) is 0 Å². The lowest BCUT2D eigenvalue weighted by molar-refractivity contribution is -0.175. The van der Waals surface area contributed by atoms with Gasteiger partial charge in [-0.3, -0.25) is 10.2 Å². The first-order valence-corrected chi connectivity index (χ1v) is 10.7. The molecule has 0 aliphatic rings. The van der Waals surface area contributed by atoms with Gasteiger partial charge in [-0.1, -0.05) is 28.9 Å². The van der Waals surface area contributed by atoms with Crippen LogP contribution >= 0.6 is 11.6 Å². The predicted molar refractivity (Wildman–Crippen MR) is 117 cm³/mol. The molecule has 0 saturated heterocycles. The number of alkyl halides is 6. The quantitative estimate of drug-likeness (QED) is 0.162.